The third kappa shape index (κ3) is 2.73. The summed E-state index contributed by atoms with van der Waals surface area (Å²) in [6.45, 7) is 5.81. The molecule has 1 aliphatic rings. The van der Waals surface area contributed by atoms with Gasteiger partial charge in [0.2, 0.25) is 5.71 Å². The minimum absolute atomic E-state index is 0.0261. The second kappa shape index (κ2) is 5.30. The molecule has 0 aliphatic heterocycles. The van der Waals surface area contributed by atoms with Gasteiger partial charge in [-0.05, 0) is 33.6 Å². The normalized spacial score (nSPS) is 15.4. The predicted octanol–water partition coefficient (Wildman–Crippen LogP) is 2.79. The van der Waals surface area contributed by atoms with Crippen molar-refractivity contribution in [2.45, 2.75) is 39.2 Å². The molecule has 3 heterocycles. The van der Waals surface area contributed by atoms with E-state index in [1.807, 2.05) is 20.0 Å². The summed E-state index contributed by atoms with van der Waals surface area (Å²) in [6.07, 6.45) is 3.59. The highest BCUT2D eigenvalue weighted by atomic mass is 16.3. The highest BCUT2D eigenvalue weighted by Crippen LogP contribution is 2.40. The van der Waals surface area contributed by atoms with Gasteiger partial charge in [0.05, 0.1) is 10.9 Å². The van der Waals surface area contributed by atoms with Crippen LogP contribution in [0.1, 0.15) is 41.6 Å². The van der Waals surface area contributed by atoms with Gasteiger partial charge in [-0.3, -0.25) is 9.48 Å². The summed E-state index contributed by atoms with van der Waals surface area (Å²) in [5.41, 5.74) is 1.82. The summed E-state index contributed by atoms with van der Waals surface area (Å²) in [5, 5.41) is 11.1. The van der Waals surface area contributed by atoms with E-state index >= 15 is 0 Å². The standard InChI is InChI=1S/C17H20N6O2/c1-9-7-11(22-23(9)4)20-15(24)12-10(2)25-16-13(12)14(18-8-19-16)21-17(3)5-6-17/h7-8H,5-6H2,1-4H3,(H,18,19,21)(H,20,22,24). The predicted molar refractivity (Wildman–Crippen MR) is 93.7 cm³/mol. The van der Waals surface area contributed by atoms with E-state index in [-0.39, 0.29) is 11.4 Å². The first-order valence-electron chi connectivity index (χ1n) is 8.20. The van der Waals surface area contributed by atoms with Gasteiger partial charge in [0, 0.05) is 24.3 Å². The van der Waals surface area contributed by atoms with E-state index in [0.717, 1.165) is 18.5 Å². The minimum atomic E-state index is -0.284. The summed E-state index contributed by atoms with van der Waals surface area (Å²) >= 11 is 0. The van der Waals surface area contributed by atoms with E-state index in [0.29, 0.717) is 34.1 Å². The Bertz CT molecular complexity index is 963. The summed E-state index contributed by atoms with van der Waals surface area (Å²) in [6, 6.07) is 1.82. The van der Waals surface area contributed by atoms with Gasteiger partial charge < -0.3 is 15.1 Å². The number of aromatic nitrogens is 4. The molecule has 1 fully saturated rings. The Morgan fingerprint density at radius 1 is 1.32 bits per heavy atom. The largest absolute Gasteiger partial charge is 0.442 e. The molecule has 0 bridgehead atoms. The lowest BCUT2D eigenvalue weighted by molar-refractivity contribution is 0.102. The molecule has 0 spiro atoms. The highest BCUT2D eigenvalue weighted by molar-refractivity contribution is 6.15. The Morgan fingerprint density at radius 2 is 2.08 bits per heavy atom. The molecule has 0 radical (unpaired) electrons. The van der Waals surface area contributed by atoms with Gasteiger partial charge in [0.25, 0.3) is 5.91 Å². The van der Waals surface area contributed by atoms with Gasteiger partial charge in [-0.2, -0.15) is 5.10 Å². The van der Waals surface area contributed by atoms with Crippen LogP contribution in [0.3, 0.4) is 0 Å². The number of aryl methyl sites for hydroxylation is 3. The fourth-order valence-electron chi connectivity index (χ4n) is 2.81. The quantitative estimate of drug-likeness (QED) is 0.758. The van der Waals surface area contributed by atoms with Crippen LogP contribution in [0.2, 0.25) is 0 Å². The van der Waals surface area contributed by atoms with Crippen molar-refractivity contribution >= 4 is 28.6 Å². The van der Waals surface area contributed by atoms with Crippen LogP contribution in [0.5, 0.6) is 0 Å². The number of rotatable bonds is 4. The zero-order valence-electron chi connectivity index (χ0n) is 14.7. The second-order valence-electron chi connectivity index (χ2n) is 6.87. The van der Waals surface area contributed by atoms with Crippen molar-refractivity contribution in [3.05, 3.63) is 29.4 Å². The number of nitrogens with zero attached hydrogens (tertiary/aromatic N) is 4. The Balaban J connectivity index is 1.75. The Morgan fingerprint density at radius 3 is 2.72 bits per heavy atom. The maximum Gasteiger partial charge on any atom is 0.261 e. The van der Waals surface area contributed by atoms with Gasteiger partial charge in [-0.1, -0.05) is 0 Å². The first kappa shape index (κ1) is 15.6. The van der Waals surface area contributed by atoms with Gasteiger partial charge in [-0.15, -0.1) is 0 Å². The van der Waals surface area contributed by atoms with Crippen molar-refractivity contribution in [2.24, 2.45) is 7.05 Å². The van der Waals surface area contributed by atoms with Crippen molar-refractivity contribution in [3.63, 3.8) is 0 Å². The number of fused-ring (bicyclic) bond motifs is 1. The SMILES string of the molecule is Cc1oc2ncnc(NC3(C)CC3)c2c1C(=O)Nc1cc(C)n(C)n1. The molecule has 1 aliphatic carbocycles. The molecule has 0 unspecified atom stereocenters. The van der Waals surface area contributed by atoms with Gasteiger partial charge in [-0.25, -0.2) is 9.97 Å². The third-order valence-electron chi connectivity index (χ3n) is 4.67. The molecule has 1 saturated carbocycles. The monoisotopic (exact) mass is 340 g/mol. The van der Waals surface area contributed by atoms with Crippen LogP contribution >= 0.6 is 0 Å². The Hall–Kier alpha value is -2.90. The molecular formula is C17H20N6O2. The number of hydrogen-bond donors (Lipinski definition) is 2. The van der Waals surface area contributed by atoms with Gasteiger partial charge in [0.15, 0.2) is 5.82 Å². The molecule has 0 saturated heterocycles. The van der Waals surface area contributed by atoms with Crippen LogP contribution in [-0.2, 0) is 7.05 Å². The summed E-state index contributed by atoms with van der Waals surface area (Å²) < 4.78 is 7.39. The fourth-order valence-corrected chi connectivity index (χ4v) is 2.81. The average molecular weight is 340 g/mol. The van der Waals surface area contributed by atoms with E-state index in [9.17, 15) is 4.79 Å². The Kier molecular flexibility index (Phi) is 3.31. The molecule has 8 heteroatoms. The zero-order valence-corrected chi connectivity index (χ0v) is 14.7. The molecule has 0 aromatic carbocycles. The van der Waals surface area contributed by atoms with Crippen LogP contribution < -0.4 is 10.6 Å². The lowest BCUT2D eigenvalue weighted by atomic mass is 10.1. The van der Waals surface area contributed by atoms with Crippen LogP contribution in [0.4, 0.5) is 11.6 Å². The summed E-state index contributed by atoms with van der Waals surface area (Å²) in [5.74, 6) is 1.35. The van der Waals surface area contributed by atoms with Crippen LogP contribution in [0, 0.1) is 13.8 Å². The first-order chi connectivity index (χ1) is 11.9. The molecule has 8 nitrogen and oxygen atoms in total. The maximum absolute atomic E-state index is 12.9. The molecule has 3 aromatic heterocycles. The van der Waals surface area contributed by atoms with Crippen molar-refractivity contribution in [3.8, 4) is 0 Å². The molecular weight excluding hydrogens is 320 g/mol. The summed E-state index contributed by atoms with van der Waals surface area (Å²) in [4.78, 5) is 21.4. The molecule has 3 aromatic rings. The lowest BCUT2D eigenvalue weighted by Crippen LogP contribution is -2.18. The van der Waals surface area contributed by atoms with E-state index in [2.05, 4.69) is 32.6 Å². The lowest BCUT2D eigenvalue weighted by Gasteiger charge is -2.13. The second-order valence-corrected chi connectivity index (χ2v) is 6.87. The summed E-state index contributed by atoms with van der Waals surface area (Å²) in [7, 11) is 1.83. The topological polar surface area (TPSA) is 97.9 Å². The molecule has 4 rings (SSSR count). The minimum Gasteiger partial charge on any atom is -0.442 e. The molecule has 130 valence electrons. The van der Waals surface area contributed by atoms with Gasteiger partial charge in [0.1, 0.15) is 17.9 Å². The van der Waals surface area contributed by atoms with Crippen LogP contribution in [0.15, 0.2) is 16.8 Å². The number of furan rings is 1. The smallest absolute Gasteiger partial charge is 0.261 e. The van der Waals surface area contributed by atoms with Crippen molar-refractivity contribution < 1.29 is 9.21 Å². The molecule has 0 atom stereocenters. The number of hydrogen-bond acceptors (Lipinski definition) is 6. The molecule has 2 N–H and O–H groups in total. The Labute approximate surface area is 144 Å². The van der Waals surface area contributed by atoms with Crippen LogP contribution in [0.25, 0.3) is 11.1 Å². The highest BCUT2D eigenvalue weighted by Gasteiger charge is 2.38. The average Bonchev–Trinajstić information content (AvgIpc) is 3.02. The number of anilines is 2. The number of carbonyl (C=O) groups is 1. The van der Waals surface area contributed by atoms with Crippen molar-refractivity contribution in [1.29, 1.82) is 0 Å². The molecule has 1 amide bonds. The van der Waals surface area contributed by atoms with E-state index in [1.165, 1.54) is 6.33 Å². The fraction of sp³-hybridized carbons (Fsp3) is 0.412. The maximum atomic E-state index is 12.9. The van der Waals surface area contributed by atoms with Crippen molar-refractivity contribution in [1.82, 2.24) is 19.7 Å². The number of carbonyl (C=O) groups excluding carboxylic acids is 1. The van der Waals surface area contributed by atoms with Gasteiger partial charge >= 0.3 is 0 Å². The van der Waals surface area contributed by atoms with E-state index in [4.69, 9.17) is 4.42 Å². The zero-order chi connectivity index (χ0) is 17.8. The first-order valence-corrected chi connectivity index (χ1v) is 8.20. The molecule has 25 heavy (non-hydrogen) atoms. The third-order valence-corrected chi connectivity index (χ3v) is 4.67. The van der Waals surface area contributed by atoms with Crippen molar-refractivity contribution in [2.75, 3.05) is 10.6 Å². The van der Waals surface area contributed by atoms with E-state index < -0.39 is 0 Å². The van der Waals surface area contributed by atoms with E-state index in [1.54, 1.807) is 11.6 Å². The number of nitrogens with one attached hydrogen (secondary N) is 2. The van der Waals surface area contributed by atoms with Crippen LogP contribution in [-0.4, -0.2) is 31.2 Å². The number of amides is 1.